The van der Waals surface area contributed by atoms with Crippen LogP contribution in [0.4, 0.5) is 17.2 Å². The molecule has 21 heavy (non-hydrogen) atoms. The summed E-state index contributed by atoms with van der Waals surface area (Å²) in [5.41, 5.74) is 9.44. The van der Waals surface area contributed by atoms with E-state index in [1.807, 2.05) is 42.5 Å². The minimum atomic E-state index is 0.576. The molecule has 0 aliphatic heterocycles. The highest BCUT2D eigenvalue weighted by Gasteiger charge is 2.05. The molecule has 0 radical (unpaired) electrons. The molecular weight excluding hydrogens is 264 g/mol. The van der Waals surface area contributed by atoms with Gasteiger partial charge in [0.15, 0.2) is 0 Å². The molecule has 3 aromatic rings. The topological polar surface area (TPSA) is 73.1 Å². The molecule has 0 aliphatic carbocycles. The van der Waals surface area contributed by atoms with E-state index in [1.165, 1.54) is 0 Å². The Bertz CT molecular complexity index is 773. The summed E-state index contributed by atoms with van der Waals surface area (Å²) in [6.07, 6.45) is 1.54. The van der Waals surface area contributed by atoms with Crippen molar-refractivity contribution in [2.24, 2.45) is 0 Å². The van der Waals surface area contributed by atoms with Crippen LogP contribution in [-0.2, 0) is 11.3 Å². The number of anilines is 3. The molecule has 1 heterocycles. The number of rotatable bonds is 4. The van der Waals surface area contributed by atoms with Crippen LogP contribution in [0.2, 0.25) is 0 Å². The van der Waals surface area contributed by atoms with Crippen molar-refractivity contribution < 1.29 is 4.74 Å². The van der Waals surface area contributed by atoms with Crippen LogP contribution in [0.3, 0.4) is 0 Å². The van der Waals surface area contributed by atoms with Crippen molar-refractivity contribution >= 4 is 28.1 Å². The van der Waals surface area contributed by atoms with Gasteiger partial charge in [0, 0.05) is 23.9 Å². The molecule has 3 rings (SSSR count). The lowest BCUT2D eigenvalue weighted by Crippen LogP contribution is -1.98. The molecule has 1 aromatic heterocycles. The monoisotopic (exact) mass is 280 g/mol. The van der Waals surface area contributed by atoms with Gasteiger partial charge < -0.3 is 15.8 Å². The Morgan fingerprint density at radius 1 is 1.14 bits per heavy atom. The van der Waals surface area contributed by atoms with Crippen molar-refractivity contribution in [3.63, 3.8) is 0 Å². The van der Waals surface area contributed by atoms with E-state index in [4.69, 9.17) is 10.5 Å². The molecule has 3 N–H and O–H groups in total. The first-order chi connectivity index (χ1) is 10.3. The first-order valence-electron chi connectivity index (χ1n) is 6.61. The molecule has 0 saturated carbocycles. The lowest BCUT2D eigenvalue weighted by molar-refractivity contribution is 0.185. The molecule has 2 aromatic carbocycles. The lowest BCUT2D eigenvalue weighted by atomic mass is 10.2. The Morgan fingerprint density at radius 2 is 2.05 bits per heavy atom. The number of nitrogens with zero attached hydrogens (tertiary/aromatic N) is 2. The fraction of sp³-hybridized carbons (Fsp3) is 0.125. The summed E-state index contributed by atoms with van der Waals surface area (Å²) in [5.74, 6) is 0.738. The second-order valence-corrected chi connectivity index (χ2v) is 4.76. The predicted octanol–water partition coefficient (Wildman–Crippen LogP) is 3.10. The fourth-order valence-corrected chi connectivity index (χ4v) is 2.22. The number of methoxy groups -OCH3 is 1. The van der Waals surface area contributed by atoms with Crippen molar-refractivity contribution in [3.05, 3.63) is 54.4 Å². The summed E-state index contributed by atoms with van der Waals surface area (Å²) in [6.45, 7) is 0.576. The number of nitrogens with one attached hydrogen (secondary N) is 1. The van der Waals surface area contributed by atoms with Crippen molar-refractivity contribution in [1.29, 1.82) is 0 Å². The summed E-state index contributed by atoms with van der Waals surface area (Å²) in [5, 5.41) is 4.21. The number of aromatic nitrogens is 2. The van der Waals surface area contributed by atoms with Gasteiger partial charge in [0.25, 0.3) is 0 Å². The van der Waals surface area contributed by atoms with Gasteiger partial charge in [0.05, 0.1) is 12.1 Å². The van der Waals surface area contributed by atoms with Crippen LogP contribution in [0, 0.1) is 0 Å². The highest BCUT2D eigenvalue weighted by atomic mass is 16.5. The lowest BCUT2D eigenvalue weighted by Gasteiger charge is -2.10. The van der Waals surface area contributed by atoms with Gasteiger partial charge in [-0.1, -0.05) is 12.1 Å². The van der Waals surface area contributed by atoms with E-state index in [0.717, 1.165) is 28.0 Å². The SMILES string of the molecule is COCc1cccc(Nc2ncnc3ccc(N)cc23)c1. The minimum Gasteiger partial charge on any atom is -0.399 e. The van der Waals surface area contributed by atoms with Gasteiger partial charge in [0.2, 0.25) is 0 Å². The van der Waals surface area contributed by atoms with Gasteiger partial charge in [-0.05, 0) is 35.9 Å². The molecule has 0 aliphatic rings. The Hall–Kier alpha value is -2.66. The fourth-order valence-electron chi connectivity index (χ4n) is 2.22. The maximum absolute atomic E-state index is 5.85. The average Bonchev–Trinajstić information content (AvgIpc) is 2.49. The number of hydrogen-bond donors (Lipinski definition) is 2. The standard InChI is InChI=1S/C16H16N4O/c1-21-9-11-3-2-4-13(7-11)20-16-14-8-12(17)5-6-15(14)18-10-19-16/h2-8,10H,9,17H2,1H3,(H,18,19,20). The van der Waals surface area contributed by atoms with Gasteiger partial charge in [-0.2, -0.15) is 0 Å². The normalized spacial score (nSPS) is 10.7. The van der Waals surface area contributed by atoms with Gasteiger partial charge >= 0.3 is 0 Å². The number of nitrogens with two attached hydrogens (primary N) is 1. The van der Waals surface area contributed by atoms with Gasteiger partial charge in [-0.25, -0.2) is 9.97 Å². The zero-order valence-electron chi connectivity index (χ0n) is 11.7. The smallest absolute Gasteiger partial charge is 0.141 e. The quantitative estimate of drug-likeness (QED) is 0.718. The summed E-state index contributed by atoms with van der Waals surface area (Å²) < 4.78 is 5.15. The molecule has 0 atom stereocenters. The zero-order chi connectivity index (χ0) is 14.7. The van der Waals surface area contributed by atoms with E-state index >= 15 is 0 Å². The van der Waals surface area contributed by atoms with Crippen LogP contribution >= 0.6 is 0 Å². The van der Waals surface area contributed by atoms with Crippen molar-refractivity contribution in [2.45, 2.75) is 6.61 Å². The molecule has 0 bridgehead atoms. The van der Waals surface area contributed by atoms with Crippen LogP contribution in [0.5, 0.6) is 0 Å². The highest BCUT2D eigenvalue weighted by molar-refractivity contribution is 5.92. The first kappa shape index (κ1) is 13.3. The molecule has 5 nitrogen and oxygen atoms in total. The average molecular weight is 280 g/mol. The molecule has 5 heteroatoms. The van der Waals surface area contributed by atoms with E-state index in [0.29, 0.717) is 12.3 Å². The Labute approximate surface area is 122 Å². The number of ether oxygens (including phenoxy) is 1. The maximum Gasteiger partial charge on any atom is 0.141 e. The first-order valence-corrected chi connectivity index (χ1v) is 6.61. The highest BCUT2D eigenvalue weighted by Crippen LogP contribution is 2.25. The van der Waals surface area contributed by atoms with Crippen LogP contribution in [0.25, 0.3) is 10.9 Å². The van der Waals surface area contributed by atoms with E-state index in [1.54, 1.807) is 13.4 Å². The second kappa shape index (κ2) is 5.76. The summed E-state index contributed by atoms with van der Waals surface area (Å²) in [4.78, 5) is 8.55. The van der Waals surface area contributed by atoms with Crippen molar-refractivity contribution in [2.75, 3.05) is 18.2 Å². The second-order valence-electron chi connectivity index (χ2n) is 4.76. The van der Waals surface area contributed by atoms with Gasteiger partial charge in [0.1, 0.15) is 12.1 Å². The molecule has 0 fully saturated rings. The zero-order valence-corrected chi connectivity index (χ0v) is 11.7. The number of benzene rings is 2. The molecule has 0 unspecified atom stereocenters. The van der Waals surface area contributed by atoms with E-state index < -0.39 is 0 Å². The van der Waals surface area contributed by atoms with E-state index in [9.17, 15) is 0 Å². The Morgan fingerprint density at radius 3 is 2.90 bits per heavy atom. The summed E-state index contributed by atoms with van der Waals surface area (Å²) >= 11 is 0. The molecule has 0 amide bonds. The van der Waals surface area contributed by atoms with Gasteiger partial charge in [-0.3, -0.25) is 0 Å². The minimum absolute atomic E-state index is 0.576. The molecular formula is C16H16N4O. The van der Waals surface area contributed by atoms with E-state index in [2.05, 4.69) is 15.3 Å². The third-order valence-electron chi connectivity index (χ3n) is 3.16. The number of hydrogen-bond acceptors (Lipinski definition) is 5. The summed E-state index contributed by atoms with van der Waals surface area (Å²) in [6, 6.07) is 13.6. The van der Waals surface area contributed by atoms with Crippen LogP contribution < -0.4 is 11.1 Å². The van der Waals surface area contributed by atoms with Gasteiger partial charge in [-0.15, -0.1) is 0 Å². The van der Waals surface area contributed by atoms with Crippen molar-refractivity contribution in [1.82, 2.24) is 9.97 Å². The third kappa shape index (κ3) is 2.93. The third-order valence-corrected chi connectivity index (χ3v) is 3.16. The molecule has 106 valence electrons. The van der Waals surface area contributed by atoms with Crippen LogP contribution in [0.15, 0.2) is 48.8 Å². The van der Waals surface area contributed by atoms with Crippen LogP contribution in [0.1, 0.15) is 5.56 Å². The largest absolute Gasteiger partial charge is 0.399 e. The predicted molar refractivity (Wildman–Crippen MR) is 84.4 cm³/mol. The summed E-state index contributed by atoms with van der Waals surface area (Å²) in [7, 11) is 1.68. The number of fused-ring (bicyclic) bond motifs is 1. The van der Waals surface area contributed by atoms with Crippen LogP contribution in [-0.4, -0.2) is 17.1 Å². The maximum atomic E-state index is 5.85. The van der Waals surface area contributed by atoms with E-state index in [-0.39, 0.29) is 0 Å². The molecule has 0 saturated heterocycles. The Balaban J connectivity index is 1.98. The Kier molecular flexibility index (Phi) is 3.66. The molecule has 0 spiro atoms. The number of nitrogen functional groups attached to an aromatic ring is 1. The van der Waals surface area contributed by atoms with Crippen molar-refractivity contribution in [3.8, 4) is 0 Å².